The van der Waals surface area contributed by atoms with Crippen LogP contribution >= 0.6 is 0 Å². The van der Waals surface area contributed by atoms with E-state index in [1.54, 1.807) is 41.7 Å². The average Bonchev–Trinajstić information content (AvgIpc) is 3.35. The fourth-order valence-electron chi connectivity index (χ4n) is 4.01. The minimum atomic E-state index is -3.57. The second kappa shape index (κ2) is 9.76. The van der Waals surface area contributed by atoms with E-state index in [1.807, 2.05) is 19.1 Å². The number of ether oxygens (including phenoxy) is 1. The van der Waals surface area contributed by atoms with Crippen LogP contribution in [-0.4, -0.2) is 43.5 Å². The summed E-state index contributed by atoms with van der Waals surface area (Å²) in [5, 5.41) is 6.58. The molecule has 174 valence electrons. The van der Waals surface area contributed by atoms with Crippen LogP contribution in [0.25, 0.3) is 11.3 Å². The van der Waals surface area contributed by atoms with Crippen molar-refractivity contribution < 1.29 is 22.5 Å². The van der Waals surface area contributed by atoms with E-state index in [2.05, 4.69) is 10.5 Å². The molecule has 9 heteroatoms. The number of benzene rings is 2. The molecule has 0 spiro atoms. The van der Waals surface area contributed by atoms with Gasteiger partial charge in [0.1, 0.15) is 5.75 Å². The normalized spacial score (nSPS) is 17.0. The zero-order valence-corrected chi connectivity index (χ0v) is 19.5. The van der Waals surface area contributed by atoms with Crippen LogP contribution in [0.4, 0.5) is 5.69 Å². The number of aromatic nitrogens is 1. The van der Waals surface area contributed by atoms with Gasteiger partial charge in [-0.15, -0.1) is 0 Å². The molecule has 8 nitrogen and oxygen atoms in total. The van der Waals surface area contributed by atoms with Gasteiger partial charge in [-0.25, -0.2) is 8.42 Å². The molecule has 2 heterocycles. The average molecular weight is 470 g/mol. The van der Waals surface area contributed by atoms with Crippen LogP contribution in [0.2, 0.25) is 0 Å². The first-order valence-electron chi connectivity index (χ1n) is 11.0. The van der Waals surface area contributed by atoms with E-state index >= 15 is 0 Å². The number of nitrogens with one attached hydrogen (secondary N) is 1. The molecule has 0 aliphatic carbocycles. The molecule has 1 amide bonds. The Balaban J connectivity index is 1.44. The Bertz CT molecular complexity index is 1200. The van der Waals surface area contributed by atoms with Crippen molar-refractivity contribution in [3.63, 3.8) is 0 Å². The zero-order chi connectivity index (χ0) is 23.4. The standard InChI is InChI=1S/C24H27N3O5S/c1-3-19-6-4-5-15-27(19)33(29,30)21-13-9-18(10-14-21)25-24(28)22-16-23(32-26-22)17-7-11-20(31-2)12-8-17/h7-14,16,19H,3-6,15H2,1-2H3,(H,25,28)/t19-/m1/s1. The number of nitrogens with zero attached hydrogens (tertiary/aromatic N) is 2. The predicted molar refractivity (Wildman–Crippen MR) is 125 cm³/mol. The molecule has 2 aromatic carbocycles. The Hall–Kier alpha value is -3.17. The number of hydrogen-bond donors (Lipinski definition) is 1. The number of carbonyl (C=O) groups excluding carboxylic acids is 1. The third-order valence-electron chi connectivity index (χ3n) is 5.88. The van der Waals surface area contributed by atoms with Gasteiger partial charge in [0.15, 0.2) is 11.5 Å². The van der Waals surface area contributed by atoms with E-state index in [-0.39, 0.29) is 16.6 Å². The maximum atomic E-state index is 13.1. The number of carbonyl (C=O) groups is 1. The fraction of sp³-hybridized carbons (Fsp3) is 0.333. The zero-order valence-electron chi connectivity index (χ0n) is 18.7. The van der Waals surface area contributed by atoms with Crippen molar-refractivity contribution in [2.24, 2.45) is 0 Å². The molecule has 1 N–H and O–H groups in total. The Morgan fingerprint density at radius 2 is 1.88 bits per heavy atom. The van der Waals surface area contributed by atoms with Gasteiger partial charge in [0.05, 0.1) is 12.0 Å². The van der Waals surface area contributed by atoms with Crippen LogP contribution in [0.1, 0.15) is 43.1 Å². The molecule has 0 unspecified atom stereocenters. The number of rotatable bonds is 7. The molecule has 1 saturated heterocycles. The molecule has 1 atom stereocenters. The molecule has 33 heavy (non-hydrogen) atoms. The highest BCUT2D eigenvalue weighted by Gasteiger charge is 2.32. The third kappa shape index (κ3) is 4.94. The first kappa shape index (κ1) is 23.0. The summed E-state index contributed by atoms with van der Waals surface area (Å²) >= 11 is 0. The van der Waals surface area contributed by atoms with Crippen LogP contribution in [0.5, 0.6) is 5.75 Å². The largest absolute Gasteiger partial charge is 0.497 e. The second-order valence-electron chi connectivity index (χ2n) is 7.96. The molecule has 0 saturated carbocycles. The van der Waals surface area contributed by atoms with Crippen LogP contribution in [-0.2, 0) is 10.0 Å². The Morgan fingerprint density at radius 3 is 2.55 bits per heavy atom. The molecule has 4 rings (SSSR count). The second-order valence-corrected chi connectivity index (χ2v) is 9.85. The van der Waals surface area contributed by atoms with E-state index < -0.39 is 15.9 Å². The minimum Gasteiger partial charge on any atom is -0.497 e. The van der Waals surface area contributed by atoms with Gasteiger partial charge in [-0.05, 0) is 67.8 Å². The number of anilines is 1. The van der Waals surface area contributed by atoms with Gasteiger partial charge in [0, 0.05) is 29.9 Å². The maximum absolute atomic E-state index is 13.1. The Kier molecular flexibility index (Phi) is 6.80. The van der Waals surface area contributed by atoms with Crippen LogP contribution in [0, 0.1) is 0 Å². The number of amides is 1. The summed E-state index contributed by atoms with van der Waals surface area (Å²) in [5.41, 5.74) is 1.36. The van der Waals surface area contributed by atoms with Gasteiger partial charge in [0.2, 0.25) is 10.0 Å². The summed E-state index contributed by atoms with van der Waals surface area (Å²) in [6.07, 6.45) is 3.61. The maximum Gasteiger partial charge on any atom is 0.277 e. The highest BCUT2D eigenvalue weighted by molar-refractivity contribution is 7.89. The van der Waals surface area contributed by atoms with Crippen molar-refractivity contribution in [2.45, 2.75) is 43.5 Å². The van der Waals surface area contributed by atoms with Crippen molar-refractivity contribution in [2.75, 3.05) is 19.0 Å². The van der Waals surface area contributed by atoms with Gasteiger partial charge >= 0.3 is 0 Å². The molecular weight excluding hydrogens is 442 g/mol. The summed E-state index contributed by atoms with van der Waals surface area (Å²) in [6.45, 7) is 2.56. The highest BCUT2D eigenvalue weighted by atomic mass is 32.2. The SMILES string of the molecule is CC[C@@H]1CCCCN1S(=O)(=O)c1ccc(NC(=O)c2cc(-c3ccc(OC)cc3)on2)cc1. The van der Waals surface area contributed by atoms with Gasteiger partial charge in [-0.2, -0.15) is 4.31 Å². The van der Waals surface area contributed by atoms with E-state index in [0.29, 0.717) is 23.7 Å². The van der Waals surface area contributed by atoms with Crippen LogP contribution < -0.4 is 10.1 Å². The Morgan fingerprint density at radius 1 is 1.15 bits per heavy atom. The van der Waals surface area contributed by atoms with Crippen molar-refractivity contribution in [3.8, 4) is 17.1 Å². The fourth-order valence-corrected chi connectivity index (χ4v) is 5.78. The van der Waals surface area contributed by atoms with Crippen molar-refractivity contribution in [1.29, 1.82) is 0 Å². The summed E-state index contributed by atoms with van der Waals surface area (Å²) < 4.78 is 38.2. The lowest BCUT2D eigenvalue weighted by atomic mass is 10.0. The first-order valence-corrected chi connectivity index (χ1v) is 12.4. The first-order chi connectivity index (χ1) is 15.9. The molecule has 1 aliphatic heterocycles. The monoisotopic (exact) mass is 469 g/mol. The molecule has 1 fully saturated rings. The van der Waals surface area contributed by atoms with E-state index in [0.717, 1.165) is 31.2 Å². The summed E-state index contributed by atoms with van der Waals surface area (Å²) in [5.74, 6) is 0.722. The van der Waals surface area contributed by atoms with Gasteiger partial charge in [-0.3, -0.25) is 4.79 Å². The van der Waals surface area contributed by atoms with Crippen molar-refractivity contribution in [1.82, 2.24) is 9.46 Å². The van der Waals surface area contributed by atoms with E-state index in [9.17, 15) is 13.2 Å². The van der Waals surface area contributed by atoms with E-state index in [1.165, 1.54) is 12.1 Å². The summed E-state index contributed by atoms with van der Waals surface area (Å²) in [7, 11) is -1.98. The number of methoxy groups -OCH3 is 1. The molecule has 0 radical (unpaired) electrons. The number of sulfonamides is 1. The number of piperidine rings is 1. The molecule has 0 bridgehead atoms. The Labute approximate surface area is 193 Å². The third-order valence-corrected chi connectivity index (χ3v) is 7.85. The smallest absolute Gasteiger partial charge is 0.277 e. The molecule has 3 aromatic rings. The lowest BCUT2D eigenvalue weighted by Gasteiger charge is -2.34. The lowest BCUT2D eigenvalue weighted by molar-refractivity contribution is 0.101. The van der Waals surface area contributed by atoms with Gasteiger partial charge in [0.25, 0.3) is 5.91 Å². The quantitative estimate of drug-likeness (QED) is 0.544. The van der Waals surface area contributed by atoms with Gasteiger partial charge < -0.3 is 14.6 Å². The number of hydrogen-bond acceptors (Lipinski definition) is 6. The topological polar surface area (TPSA) is 102 Å². The summed E-state index contributed by atoms with van der Waals surface area (Å²) in [4.78, 5) is 12.8. The summed E-state index contributed by atoms with van der Waals surface area (Å²) in [6, 6.07) is 15.0. The predicted octanol–water partition coefficient (Wildman–Crippen LogP) is 4.56. The molecule has 1 aliphatic rings. The van der Waals surface area contributed by atoms with Crippen molar-refractivity contribution >= 4 is 21.6 Å². The van der Waals surface area contributed by atoms with Crippen LogP contribution in [0.15, 0.2) is 64.0 Å². The van der Waals surface area contributed by atoms with E-state index in [4.69, 9.17) is 9.26 Å². The highest BCUT2D eigenvalue weighted by Crippen LogP contribution is 2.28. The molecular formula is C24H27N3O5S. The minimum absolute atomic E-state index is 0.0372. The lowest BCUT2D eigenvalue weighted by Crippen LogP contribution is -2.43. The molecule has 1 aromatic heterocycles. The van der Waals surface area contributed by atoms with Gasteiger partial charge in [-0.1, -0.05) is 18.5 Å². The van der Waals surface area contributed by atoms with Crippen molar-refractivity contribution in [3.05, 3.63) is 60.3 Å². The van der Waals surface area contributed by atoms with Crippen LogP contribution in [0.3, 0.4) is 0 Å².